The van der Waals surface area contributed by atoms with Crippen molar-refractivity contribution in [2.24, 2.45) is 0 Å². The van der Waals surface area contributed by atoms with Gasteiger partial charge in [-0.3, -0.25) is 9.59 Å². The number of ether oxygens (including phenoxy) is 2. The first-order valence-corrected chi connectivity index (χ1v) is 6.51. The zero-order valence-electron chi connectivity index (χ0n) is 11.3. The Morgan fingerprint density at radius 1 is 1.70 bits per heavy atom. The number of rotatable bonds is 4. The quantitative estimate of drug-likeness (QED) is 0.823. The maximum atomic E-state index is 12.0. The monoisotopic (exact) mass is 301 g/mol. The second kappa shape index (κ2) is 5.80. The molecular weight excluding hydrogens is 286 g/mol. The number of aromatic nitrogens is 2. The molecule has 20 heavy (non-hydrogen) atoms. The third-order valence-corrected chi connectivity index (χ3v) is 3.51. The van der Waals surface area contributed by atoms with Crippen LogP contribution in [0.15, 0.2) is 11.0 Å². The van der Waals surface area contributed by atoms with Crippen LogP contribution in [-0.2, 0) is 20.8 Å². The highest BCUT2D eigenvalue weighted by molar-refractivity contribution is 6.32. The third kappa shape index (κ3) is 3.10. The molecule has 1 aromatic heterocycles. The Hall–Kier alpha value is -1.60. The number of carbonyl (C=O) groups excluding carboxylic acids is 1. The Morgan fingerprint density at radius 3 is 3.05 bits per heavy atom. The molecule has 1 unspecified atom stereocenters. The van der Waals surface area contributed by atoms with Crippen LogP contribution in [0.5, 0.6) is 0 Å². The van der Waals surface area contributed by atoms with E-state index in [9.17, 15) is 9.59 Å². The number of hydrogen-bond donors (Lipinski definition) is 1. The summed E-state index contributed by atoms with van der Waals surface area (Å²) in [4.78, 5) is 23.2. The first-order chi connectivity index (χ1) is 9.45. The SMILES string of the molecule is COC(=O)Cn1ncc(NC2(C)CCOC2)c(Cl)c1=O. The van der Waals surface area contributed by atoms with Crippen LogP contribution < -0.4 is 10.9 Å². The zero-order valence-corrected chi connectivity index (χ0v) is 12.1. The van der Waals surface area contributed by atoms with Crippen LogP contribution in [0.4, 0.5) is 5.69 Å². The molecule has 1 saturated heterocycles. The van der Waals surface area contributed by atoms with Gasteiger partial charge in [0, 0.05) is 6.61 Å². The van der Waals surface area contributed by atoms with Gasteiger partial charge in [-0.15, -0.1) is 0 Å². The zero-order chi connectivity index (χ0) is 14.8. The predicted molar refractivity (Wildman–Crippen MR) is 73.0 cm³/mol. The van der Waals surface area contributed by atoms with Gasteiger partial charge in [0.2, 0.25) is 0 Å². The van der Waals surface area contributed by atoms with Gasteiger partial charge in [0.15, 0.2) is 0 Å². The number of halogens is 1. The topological polar surface area (TPSA) is 82.5 Å². The van der Waals surface area contributed by atoms with Gasteiger partial charge < -0.3 is 14.8 Å². The van der Waals surface area contributed by atoms with Gasteiger partial charge in [0.1, 0.15) is 11.6 Å². The van der Waals surface area contributed by atoms with Crippen molar-refractivity contribution in [1.29, 1.82) is 0 Å². The van der Waals surface area contributed by atoms with Crippen molar-refractivity contribution in [2.45, 2.75) is 25.4 Å². The van der Waals surface area contributed by atoms with E-state index in [1.807, 2.05) is 6.92 Å². The van der Waals surface area contributed by atoms with E-state index in [-0.39, 0.29) is 17.1 Å². The Balaban J connectivity index is 2.22. The van der Waals surface area contributed by atoms with Crippen LogP contribution in [0, 0.1) is 0 Å². The van der Waals surface area contributed by atoms with Crippen molar-refractivity contribution in [2.75, 3.05) is 25.6 Å². The highest BCUT2D eigenvalue weighted by Crippen LogP contribution is 2.26. The molecule has 1 fully saturated rings. The van der Waals surface area contributed by atoms with E-state index in [0.29, 0.717) is 18.9 Å². The maximum Gasteiger partial charge on any atom is 0.327 e. The minimum atomic E-state index is -0.562. The van der Waals surface area contributed by atoms with Gasteiger partial charge in [-0.2, -0.15) is 5.10 Å². The molecule has 110 valence electrons. The fourth-order valence-electron chi connectivity index (χ4n) is 1.94. The number of hydrogen-bond acceptors (Lipinski definition) is 6. The summed E-state index contributed by atoms with van der Waals surface area (Å²) in [6, 6.07) is 0. The molecule has 1 aromatic rings. The van der Waals surface area contributed by atoms with Crippen molar-refractivity contribution in [3.63, 3.8) is 0 Å². The van der Waals surface area contributed by atoms with E-state index in [0.717, 1.165) is 11.1 Å². The smallest absolute Gasteiger partial charge is 0.327 e. The number of methoxy groups -OCH3 is 1. The minimum absolute atomic E-state index is 0.00275. The van der Waals surface area contributed by atoms with Crippen molar-refractivity contribution in [3.8, 4) is 0 Å². The summed E-state index contributed by atoms with van der Waals surface area (Å²) >= 11 is 6.04. The molecule has 0 spiro atoms. The minimum Gasteiger partial charge on any atom is -0.468 e. The van der Waals surface area contributed by atoms with E-state index >= 15 is 0 Å². The maximum absolute atomic E-state index is 12.0. The molecule has 0 aliphatic carbocycles. The third-order valence-electron chi connectivity index (χ3n) is 3.15. The van der Waals surface area contributed by atoms with Crippen molar-refractivity contribution in [1.82, 2.24) is 9.78 Å². The first-order valence-electron chi connectivity index (χ1n) is 6.13. The molecule has 1 aliphatic heterocycles. The Kier molecular flexibility index (Phi) is 4.29. The normalized spacial score (nSPS) is 21.8. The van der Waals surface area contributed by atoms with Gasteiger partial charge in [-0.1, -0.05) is 11.6 Å². The van der Waals surface area contributed by atoms with Crippen LogP contribution in [-0.4, -0.2) is 41.6 Å². The van der Waals surface area contributed by atoms with Gasteiger partial charge in [-0.25, -0.2) is 4.68 Å². The van der Waals surface area contributed by atoms with Crippen molar-refractivity contribution < 1.29 is 14.3 Å². The fourth-order valence-corrected chi connectivity index (χ4v) is 2.14. The average molecular weight is 302 g/mol. The van der Waals surface area contributed by atoms with E-state index in [4.69, 9.17) is 16.3 Å². The highest BCUT2D eigenvalue weighted by atomic mass is 35.5. The van der Waals surface area contributed by atoms with Crippen LogP contribution in [0.25, 0.3) is 0 Å². The number of anilines is 1. The van der Waals surface area contributed by atoms with E-state index in [2.05, 4.69) is 15.2 Å². The second-order valence-electron chi connectivity index (χ2n) is 4.90. The molecule has 7 nitrogen and oxygen atoms in total. The van der Waals surface area contributed by atoms with Gasteiger partial charge in [0.05, 0.1) is 31.1 Å². The molecule has 1 atom stereocenters. The summed E-state index contributed by atoms with van der Waals surface area (Å²) in [7, 11) is 1.24. The molecule has 2 rings (SSSR count). The van der Waals surface area contributed by atoms with Crippen LogP contribution in [0.2, 0.25) is 5.02 Å². The Labute approximate surface area is 120 Å². The summed E-state index contributed by atoms with van der Waals surface area (Å²) < 4.78 is 10.8. The van der Waals surface area contributed by atoms with Crippen LogP contribution in [0.3, 0.4) is 0 Å². The molecule has 0 saturated carbocycles. The molecule has 1 N–H and O–H groups in total. The lowest BCUT2D eigenvalue weighted by molar-refractivity contribution is -0.141. The molecule has 0 radical (unpaired) electrons. The first kappa shape index (κ1) is 14.8. The summed E-state index contributed by atoms with van der Waals surface area (Å²) in [5.41, 5.74) is -0.373. The van der Waals surface area contributed by atoms with E-state index < -0.39 is 11.5 Å². The number of carbonyl (C=O) groups is 1. The van der Waals surface area contributed by atoms with Crippen LogP contribution in [0.1, 0.15) is 13.3 Å². The van der Waals surface area contributed by atoms with Crippen molar-refractivity contribution >= 4 is 23.3 Å². The molecule has 1 aliphatic rings. The fraction of sp³-hybridized carbons (Fsp3) is 0.583. The van der Waals surface area contributed by atoms with Gasteiger partial charge >= 0.3 is 5.97 Å². The summed E-state index contributed by atoms with van der Waals surface area (Å²) in [6.07, 6.45) is 2.24. The molecular formula is C12H16ClN3O4. The standard InChI is InChI=1S/C12H16ClN3O4/c1-12(3-4-20-7-12)15-8-5-14-16(6-9(17)19-2)11(18)10(8)13/h5,15H,3-4,6-7H2,1-2H3. The molecule has 2 heterocycles. The number of nitrogens with zero attached hydrogens (tertiary/aromatic N) is 2. The molecule has 8 heteroatoms. The van der Waals surface area contributed by atoms with Gasteiger partial charge in [0.25, 0.3) is 5.56 Å². The lowest BCUT2D eigenvalue weighted by Gasteiger charge is -2.25. The largest absolute Gasteiger partial charge is 0.468 e. The number of esters is 1. The summed E-state index contributed by atoms with van der Waals surface area (Å²) in [6.45, 7) is 2.91. The number of nitrogens with one attached hydrogen (secondary N) is 1. The van der Waals surface area contributed by atoms with Gasteiger partial charge in [-0.05, 0) is 13.3 Å². The average Bonchev–Trinajstić information content (AvgIpc) is 2.85. The molecule has 0 amide bonds. The summed E-state index contributed by atoms with van der Waals surface area (Å²) in [5.74, 6) is -0.562. The van der Waals surface area contributed by atoms with Crippen molar-refractivity contribution in [3.05, 3.63) is 21.6 Å². The molecule has 0 aromatic carbocycles. The Bertz CT molecular complexity index is 566. The Morgan fingerprint density at radius 2 is 2.45 bits per heavy atom. The lowest BCUT2D eigenvalue weighted by atomic mass is 10.0. The lowest BCUT2D eigenvalue weighted by Crippen LogP contribution is -2.36. The second-order valence-corrected chi connectivity index (χ2v) is 5.28. The highest BCUT2D eigenvalue weighted by Gasteiger charge is 2.30. The van der Waals surface area contributed by atoms with E-state index in [1.165, 1.54) is 13.3 Å². The van der Waals surface area contributed by atoms with Crippen LogP contribution >= 0.6 is 11.6 Å². The predicted octanol–water partition coefficient (Wildman–Crippen LogP) is 0.661. The molecule has 0 bridgehead atoms. The summed E-state index contributed by atoms with van der Waals surface area (Å²) in [5, 5.41) is 7.08. The van der Waals surface area contributed by atoms with E-state index in [1.54, 1.807) is 0 Å².